The summed E-state index contributed by atoms with van der Waals surface area (Å²) in [4.78, 5) is 2.27. The molecule has 0 aliphatic carbocycles. The molecule has 3 N–H and O–H groups in total. The Hall–Kier alpha value is -0.555. The first kappa shape index (κ1) is 11.9. The molecule has 1 saturated heterocycles. The molecule has 0 radical (unpaired) electrons. The zero-order valence-corrected chi connectivity index (χ0v) is 10.4. The van der Waals surface area contributed by atoms with E-state index in [1.807, 2.05) is 12.1 Å². The Labute approximate surface area is 104 Å². The molecule has 0 bridgehead atoms. The first-order chi connectivity index (χ1) is 7.68. The van der Waals surface area contributed by atoms with Gasteiger partial charge in [-0.2, -0.15) is 0 Å². The van der Waals surface area contributed by atoms with E-state index in [4.69, 9.17) is 10.0 Å². The summed E-state index contributed by atoms with van der Waals surface area (Å²) in [5, 5.41) is 21.5. The molecule has 2 rings (SSSR count). The summed E-state index contributed by atoms with van der Waals surface area (Å²) in [6.45, 7) is 3.94. The largest absolute Gasteiger partial charge is 0.489 e. The molecule has 6 heteroatoms. The molecule has 0 aromatic heterocycles. The molecule has 0 atom stereocenters. The van der Waals surface area contributed by atoms with E-state index in [0.29, 0.717) is 5.46 Å². The molecule has 1 aliphatic rings. The van der Waals surface area contributed by atoms with E-state index in [0.717, 1.165) is 36.3 Å². The lowest BCUT2D eigenvalue weighted by Crippen LogP contribution is -2.43. The van der Waals surface area contributed by atoms with Gasteiger partial charge in [-0.15, -0.1) is 0 Å². The molecule has 1 aliphatic heterocycles. The fraction of sp³-hybridized carbons (Fsp3) is 0.400. The molecule has 0 saturated carbocycles. The number of nitrogens with one attached hydrogen (secondary N) is 1. The monoisotopic (exact) mass is 284 g/mol. The highest BCUT2D eigenvalue weighted by Gasteiger charge is 2.17. The van der Waals surface area contributed by atoms with Crippen molar-refractivity contribution in [2.45, 2.75) is 0 Å². The summed E-state index contributed by atoms with van der Waals surface area (Å²) in [6.07, 6.45) is 0. The second-order valence-electron chi connectivity index (χ2n) is 3.82. The average Bonchev–Trinajstić information content (AvgIpc) is 2.29. The van der Waals surface area contributed by atoms with Crippen molar-refractivity contribution >= 4 is 34.2 Å². The summed E-state index contributed by atoms with van der Waals surface area (Å²) >= 11 is 3.35. The lowest BCUT2D eigenvalue weighted by molar-refractivity contribution is 0.425. The highest BCUT2D eigenvalue weighted by molar-refractivity contribution is 9.10. The molecule has 0 spiro atoms. The summed E-state index contributed by atoms with van der Waals surface area (Å²) in [5.41, 5.74) is 1.61. The minimum Gasteiger partial charge on any atom is -0.423 e. The number of benzene rings is 1. The average molecular weight is 285 g/mol. The van der Waals surface area contributed by atoms with Crippen molar-refractivity contribution in [1.29, 1.82) is 0 Å². The lowest BCUT2D eigenvalue weighted by Gasteiger charge is -2.29. The van der Waals surface area contributed by atoms with Crippen LogP contribution in [0.4, 0.5) is 5.69 Å². The summed E-state index contributed by atoms with van der Waals surface area (Å²) in [5.74, 6) is 0. The van der Waals surface area contributed by atoms with E-state index >= 15 is 0 Å². The lowest BCUT2D eigenvalue weighted by atomic mass is 9.80. The first-order valence-electron chi connectivity index (χ1n) is 5.30. The van der Waals surface area contributed by atoms with Crippen LogP contribution in [0.2, 0.25) is 0 Å². The van der Waals surface area contributed by atoms with Crippen LogP contribution >= 0.6 is 15.9 Å². The SMILES string of the molecule is OB(O)c1ccc(N2CCNCC2)cc1Br. The van der Waals surface area contributed by atoms with Crippen LogP contribution in [-0.2, 0) is 0 Å². The highest BCUT2D eigenvalue weighted by Crippen LogP contribution is 2.19. The molecule has 1 heterocycles. The number of piperazine rings is 1. The van der Waals surface area contributed by atoms with Crippen molar-refractivity contribution in [3.8, 4) is 0 Å². The van der Waals surface area contributed by atoms with Crippen molar-refractivity contribution in [1.82, 2.24) is 5.32 Å². The van der Waals surface area contributed by atoms with Gasteiger partial charge in [0.25, 0.3) is 0 Å². The molecular weight excluding hydrogens is 271 g/mol. The molecule has 16 heavy (non-hydrogen) atoms. The fourth-order valence-corrected chi connectivity index (χ4v) is 2.42. The minimum absolute atomic E-state index is 0.499. The van der Waals surface area contributed by atoms with Crippen LogP contribution < -0.4 is 15.7 Å². The Balaban J connectivity index is 2.19. The van der Waals surface area contributed by atoms with Gasteiger partial charge >= 0.3 is 7.12 Å². The number of hydrogen-bond acceptors (Lipinski definition) is 4. The third-order valence-corrected chi connectivity index (χ3v) is 3.43. The van der Waals surface area contributed by atoms with Crippen molar-refractivity contribution in [2.75, 3.05) is 31.1 Å². The summed E-state index contributed by atoms with van der Waals surface area (Å²) < 4.78 is 0.735. The zero-order chi connectivity index (χ0) is 11.5. The molecule has 0 amide bonds. The maximum Gasteiger partial charge on any atom is 0.489 e. The maximum absolute atomic E-state index is 9.11. The van der Waals surface area contributed by atoms with E-state index in [1.165, 1.54) is 0 Å². The van der Waals surface area contributed by atoms with Crippen LogP contribution in [0.15, 0.2) is 22.7 Å². The van der Waals surface area contributed by atoms with Gasteiger partial charge in [0.2, 0.25) is 0 Å². The van der Waals surface area contributed by atoms with Gasteiger partial charge in [-0.05, 0) is 17.6 Å². The molecular formula is C10H14BBrN2O2. The molecule has 1 aromatic rings. The number of anilines is 1. The van der Waals surface area contributed by atoms with Crippen molar-refractivity contribution in [2.24, 2.45) is 0 Å². The number of halogens is 1. The predicted octanol–water partition coefficient (Wildman–Crippen LogP) is -0.462. The van der Waals surface area contributed by atoms with E-state index in [9.17, 15) is 0 Å². The Morgan fingerprint density at radius 1 is 1.25 bits per heavy atom. The Kier molecular flexibility index (Phi) is 3.86. The van der Waals surface area contributed by atoms with Crippen LogP contribution in [0, 0.1) is 0 Å². The van der Waals surface area contributed by atoms with Crippen LogP contribution in [0.3, 0.4) is 0 Å². The zero-order valence-electron chi connectivity index (χ0n) is 8.86. The smallest absolute Gasteiger partial charge is 0.423 e. The topological polar surface area (TPSA) is 55.7 Å². The molecule has 0 unspecified atom stereocenters. The number of nitrogens with zero attached hydrogens (tertiary/aromatic N) is 1. The molecule has 1 aromatic carbocycles. The van der Waals surface area contributed by atoms with E-state index in [2.05, 4.69) is 26.1 Å². The Morgan fingerprint density at radius 3 is 2.50 bits per heavy atom. The van der Waals surface area contributed by atoms with Crippen molar-refractivity contribution < 1.29 is 10.0 Å². The maximum atomic E-state index is 9.11. The third-order valence-electron chi connectivity index (χ3n) is 2.74. The molecule has 1 fully saturated rings. The predicted molar refractivity (Wildman–Crippen MR) is 69.1 cm³/mol. The summed E-state index contributed by atoms with van der Waals surface area (Å²) in [6, 6.07) is 5.59. The van der Waals surface area contributed by atoms with Crippen LogP contribution in [-0.4, -0.2) is 43.3 Å². The second-order valence-corrected chi connectivity index (χ2v) is 4.67. The number of hydrogen-bond donors (Lipinski definition) is 3. The second kappa shape index (κ2) is 5.18. The Morgan fingerprint density at radius 2 is 1.94 bits per heavy atom. The van der Waals surface area contributed by atoms with Gasteiger partial charge in [0.05, 0.1) is 0 Å². The first-order valence-corrected chi connectivity index (χ1v) is 6.09. The molecule has 4 nitrogen and oxygen atoms in total. The van der Waals surface area contributed by atoms with Gasteiger partial charge < -0.3 is 20.3 Å². The van der Waals surface area contributed by atoms with Gasteiger partial charge in [-0.3, -0.25) is 0 Å². The van der Waals surface area contributed by atoms with Crippen molar-refractivity contribution in [3.05, 3.63) is 22.7 Å². The minimum atomic E-state index is -1.42. The van der Waals surface area contributed by atoms with Gasteiger partial charge in [-0.25, -0.2) is 0 Å². The fourth-order valence-electron chi connectivity index (χ4n) is 1.85. The van der Waals surface area contributed by atoms with E-state index in [1.54, 1.807) is 6.07 Å². The standard InChI is InChI=1S/C10H14BBrN2O2/c12-10-7-8(1-2-9(10)11(15)16)14-5-3-13-4-6-14/h1-2,7,13,15-16H,3-6H2. The van der Waals surface area contributed by atoms with Crippen LogP contribution in [0.1, 0.15) is 0 Å². The van der Waals surface area contributed by atoms with Gasteiger partial charge in [-0.1, -0.05) is 22.0 Å². The van der Waals surface area contributed by atoms with Gasteiger partial charge in [0, 0.05) is 36.3 Å². The highest BCUT2D eigenvalue weighted by atomic mass is 79.9. The normalized spacial score (nSPS) is 16.3. The van der Waals surface area contributed by atoms with E-state index in [-0.39, 0.29) is 0 Å². The van der Waals surface area contributed by atoms with Crippen LogP contribution in [0.5, 0.6) is 0 Å². The van der Waals surface area contributed by atoms with Gasteiger partial charge in [0.1, 0.15) is 0 Å². The molecule has 86 valence electrons. The number of rotatable bonds is 2. The van der Waals surface area contributed by atoms with Crippen LogP contribution in [0.25, 0.3) is 0 Å². The van der Waals surface area contributed by atoms with E-state index < -0.39 is 7.12 Å². The summed E-state index contributed by atoms with van der Waals surface area (Å²) in [7, 11) is -1.42. The Bertz CT molecular complexity index is 370. The quantitative estimate of drug-likeness (QED) is 0.644. The third kappa shape index (κ3) is 2.57. The van der Waals surface area contributed by atoms with Crippen molar-refractivity contribution in [3.63, 3.8) is 0 Å². The van der Waals surface area contributed by atoms with Gasteiger partial charge in [0.15, 0.2) is 0 Å².